The van der Waals surface area contributed by atoms with Crippen molar-refractivity contribution in [2.75, 3.05) is 0 Å². The number of nitrogens with one attached hydrogen (secondary N) is 1. The van der Waals surface area contributed by atoms with Crippen LogP contribution in [-0.4, -0.2) is 10.8 Å². The van der Waals surface area contributed by atoms with Gasteiger partial charge >= 0.3 is 6.18 Å². The third-order valence-corrected chi connectivity index (χ3v) is 2.74. The lowest BCUT2D eigenvalue weighted by atomic mass is 10.1. The van der Waals surface area contributed by atoms with Crippen LogP contribution in [0.2, 0.25) is 0 Å². The van der Waals surface area contributed by atoms with Gasteiger partial charge in [-0.05, 0) is 35.9 Å². The van der Waals surface area contributed by atoms with E-state index in [2.05, 4.69) is 4.98 Å². The van der Waals surface area contributed by atoms with Gasteiger partial charge in [0.2, 0.25) is 0 Å². The molecule has 0 aliphatic heterocycles. The summed E-state index contributed by atoms with van der Waals surface area (Å²) in [5.74, 6) is -0.731. The average Bonchev–Trinajstić information content (AvgIpc) is 2.45. The van der Waals surface area contributed by atoms with E-state index in [1.807, 2.05) is 0 Å². The molecule has 0 aliphatic rings. The van der Waals surface area contributed by atoms with E-state index in [1.165, 1.54) is 24.5 Å². The maximum absolute atomic E-state index is 13.0. The van der Waals surface area contributed by atoms with Crippen molar-refractivity contribution in [1.82, 2.24) is 4.98 Å². The number of ether oxygens (including phenoxy) is 1. The Balaban J connectivity index is 2.28. The fraction of sp³-hybridized carbons (Fsp3) is 0.143. The van der Waals surface area contributed by atoms with Crippen molar-refractivity contribution >= 4 is 5.84 Å². The van der Waals surface area contributed by atoms with Gasteiger partial charge < -0.3 is 10.5 Å². The van der Waals surface area contributed by atoms with E-state index in [4.69, 9.17) is 15.9 Å². The van der Waals surface area contributed by atoms with Crippen LogP contribution in [0.15, 0.2) is 42.7 Å². The molecule has 4 nitrogen and oxygen atoms in total. The average molecular weight is 295 g/mol. The molecule has 1 aromatic heterocycles. The predicted octanol–water partition coefficient (Wildman–Crippen LogP) is 2.96. The summed E-state index contributed by atoms with van der Waals surface area (Å²) in [6, 6.07) is 6.60. The van der Waals surface area contributed by atoms with Gasteiger partial charge in [0.1, 0.15) is 18.2 Å². The topological polar surface area (TPSA) is 72.0 Å². The van der Waals surface area contributed by atoms with Gasteiger partial charge in [-0.25, -0.2) is 0 Å². The lowest BCUT2D eigenvalue weighted by Crippen LogP contribution is -2.15. The smallest absolute Gasteiger partial charge is 0.419 e. The Morgan fingerprint density at radius 3 is 2.43 bits per heavy atom. The van der Waals surface area contributed by atoms with Crippen molar-refractivity contribution in [3.05, 3.63) is 59.4 Å². The zero-order valence-corrected chi connectivity index (χ0v) is 10.8. The molecule has 0 bridgehead atoms. The molecule has 0 saturated heterocycles. The summed E-state index contributed by atoms with van der Waals surface area (Å²) in [6.45, 7) is -0.00891. The standard InChI is InChI=1S/C14H12F3N3O/c15-14(16,17)11-7-10(13(18)19)1-2-12(11)21-8-9-3-5-20-6-4-9/h1-7H,8H2,(H3,18,19). The highest BCUT2D eigenvalue weighted by Crippen LogP contribution is 2.37. The Kier molecular flexibility index (Phi) is 4.11. The van der Waals surface area contributed by atoms with Gasteiger partial charge in [0.15, 0.2) is 0 Å². The molecule has 1 aromatic carbocycles. The first-order valence-electron chi connectivity index (χ1n) is 5.95. The van der Waals surface area contributed by atoms with Crippen LogP contribution in [0.25, 0.3) is 0 Å². The van der Waals surface area contributed by atoms with E-state index in [-0.39, 0.29) is 17.9 Å². The molecule has 1 heterocycles. The fourth-order valence-electron chi connectivity index (χ4n) is 1.69. The van der Waals surface area contributed by atoms with Gasteiger partial charge in [-0.2, -0.15) is 13.2 Å². The molecule has 2 rings (SSSR count). The lowest BCUT2D eigenvalue weighted by molar-refractivity contribution is -0.139. The highest BCUT2D eigenvalue weighted by molar-refractivity contribution is 5.95. The van der Waals surface area contributed by atoms with Gasteiger partial charge in [0, 0.05) is 18.0 Å². The highest BCUT2D eigenvalue weighted by atomic mass is 19.4. The predicted molar refractivity (Wildman–Crippen MR) is 71.0 cm³/mol. The van der Waals surface area contributed by atoms with Crippen molar-refractivity contribution in [3.63, 3.8) is 0 Å². The van der Waals surface area contributed by atoms with Gasteiger partial charge in [-0.15, -0.1) is 0 Å². The number of nitrogens with two attached hydrogens (primary N) is 1. The van der Waals surface area contributed by atoms with Crippen LogP contribution >= 0.6 is 0 Å². The Hall–Kier alpha value is -2.57. The summed E-state index contributed by atoms with van der Waals surface area (Å²) >= 11 is 0. The summed E-state index contributed by atoms with van der Waals surface area (Å²) in [5, 5.41) is 7.21. The zero-order chi connectivity index (χ0) is 15.5. The summed E-state index contributed by atoms with van der Waals surface area (Å²) in [7, 11) is 0. The lowest BCUT2D eigenvalue weighted by Gasteiger charge is -2.15. The number of nitrogens with zero attached hydrogens (tertiary/aromatic N) is 1. The number of hydrogen-bond acceptors (Lipinski definition) is 3. The number of nitrogen functional groups attached to an aromatic ring is 1. The van der Waals surface area contributed by atoms with Gasteiger partial charge in [-0.1, -0.05) is 0 Å². The Bertz CT molecular complexity index is 642. The monoisotopic (exact) mass is 295 g/mol. The molecule has 2 aromatic rings. The van der Waals surface area contributed by atoms with E-state index < -0.39 is 17.6 Å². The number of halogens is 3. The molecule has 110 valence electrons. The molecule has 0 atom stereocenters. The van der Waals surface area contributed by atoms with E-state index >= 15 is 0 Å². The third-order valence-electron chi connectivity index (χ3n) is 2.74. The summed E-state index contributed by atoms with van der Waals surface area (Å²) in [6.07, 6.45) is -1.52. The molecule has 21 heavy (non-hydrogen) atoms. The number of amidine groups is 1. The molecular weight excluding hydrogens is 283 g/mol. The minimum atomic E-state index is -4.58. The van der Waals surface area contributed by atoms with Crippen LogP contribution in [0, 0.1) is 5.41 Å². The second-order valence-electron chi connectivity index (χ2n) is 4.27. The van der Waals surface area contributed by atoms with Crippen LogP contribution in [0.1, 0.15) is 16.7 Å². The third kappa shape index (κ3) is 3.71. The number of rotatable bonds is 4. The van der Waals surface area contributed by atoms with E-state index in [1.54, 1.807) is 12.1 Å². The van der Waals surface area contributed by atoms with Crippen molar-refractivity contribution in [2.45, 2.75) is 12.8 Å². The van der Waals surface area contributed by atoms with Crippen molar-refractivity contribution < 1.29 is 17.9 Å². The Morgan fingerprint density at radius 1 is 1.19 bits per heavy atom. The summed E-state index contributed by atoms with van der Waals surface area (Å²) in [5.41, 5.74) is 4.96. The second kappa shape index (κ2) is 5.82. The van der Waals surface area contributed by atoms with E-state index in [0.717, 1.165) is 6.07 Å². The normalized spacial score (nSPS) is 11.2. The van der Waals surface area contributed by atoms with Crippen molar-refractivity contribution in [1.29, 1.82) is 5.41 Å². The Labute approximate surface area is 118 Å². The van der Waals surface area contributed by atoms with Crippen LogP contribution < -0.4 is 10.5 Å². The minimum Gasteiger partial charge on any atom is -0.488 e. The molecule has 0 unspecified atom stereocenters. The number of alkyl halides is 3. The maximum Gasteiger partial charge on any atom is 0.419 e. The van der Waals surface area contributed by atoms with Crippen molar-refractivity contribution in [2.24, 2.45) is 5.73 Å². The SMILES string of the molecule is N=C(N)c1ccc(OCc2ccncc2)c(C(F)(F)F)c1. The molecule has 0 aliphatic carbocycles. The van der Waals surface area contributed by atoms with Crippen LogP contribution in [-0.2, 0) is 12.8 Å². The highest BCUT2D eigenvalue weighted by Gasteiger charge is 2.34. The molecule has 0 amide bonds. The molecule has 0 fully saturated rings. The first kappa shape index (κ1) is 14.8. The number of aromatic nitrogens is 1. The van der Waals surface area contributed by atoms with Crippen LogP contribution in [0.5, 0.6) is 5.75 Å². The quantitative estimate of drug-likeness (QED) is 0.673. The minimum absolute atomic E-state index is 0.00131. The van der Waals surface area contributed by atoms with Crippen molar-refractivity contribution in [3.8, 4) is 5.75 Å². The molecule has 0 radical (unpaired) electrons. The summed E-state index contributed by atoms with van der Waals surface area (Å²) < 4.78 is 44.3. The molecule has 0 spiro atoms. The molecule has 7 heteroatoms. The fourth-order valence-corrected chi connectivity index (χ4v) is 1.69. The number of benzene rings is 1. The number of hydrogen-bond donors (Lipinski definition) is 2. The van der Waals surface area contributed by atoms with Crippen LogP contribution in [0.4, 0.5) is 13.2 Å². The maximum atomic E-state index is 13.0. The number of pyridine rings is 1. The molecule has 0 saturated carbocycles. The van der Waals surface area contributed by atoms with Gasteiger partial charge in [0.05, 0.1) is 5.56 Å². The summed E-state index contributed by atoms with van der Waals surface area (Å²) in [4.78, 5) is 3.82. The molecule has 3 N–H and O–H groups in total. The van der Waals surface area contributed by atoms with Crippen LogP contribution in [0.3, 0.4) is 0 Å². The largest absolute Gasteiger partial charge is 0.488 e. The van der Waals surface area contributed by atoms with Gasteiger partial charge in [-0.3, -0.25) is 10.4 Å². The second-order valence-corrected chi connectivity index (χ2v) is 4.27. The Morgan fingerprint density at radius 2 is 1.86 bits per heavy atom. The first-order chi connectivity index (χ1) is 9.88. The van der Waals surface area contributed by atoms with E-state index in [9.17, 15) is 13.2 Å². The first-order valence-corrected chi connectivity index (χ1v) is 5.95. The zero-order valence-electron chi connectivity index (χ0n) is 10.8. The van der Waals surface area contributed by atoms with Gasteiger partial charge in [0.25, 0.3) is 0 Å². The molecular formula is C14H12F3N3O. The van der Waals surface area contributed by atoms with E-state index in [0.29, 0.717) is 5.56 Å².